The van der Waals surface area contributed by atoms with Gasteiger partial charge in [-0.15, -0.1) is 0 Å². The lowest BCUT2D eigenvalue weighted by Gasteiger charge is -2.38. The highest BCUT2D eigenvalue weighted by atomic mass is 79.9. The van der Waals surface area contributed by atoms with Gasteiger partial charge < -0.3 is 18.9 Å². The summed E-state index contributed by atoms with van der Waals surface area (Å²) in [6.45, 7) is 3.62. The number of halogens is 3. The van der Waals surface area contributed by atoms with Crippen LogP contribution in [0.4, 0.5) is 0 Å². The summed E-state index contributed by atoms with van der Waals surface area (Å²) in [4.78, 5) is -0.370. The van der Waals surface area contributed by atoms with E-state index in [4.69, 9.17) is 42.1 Å². The minimum absolute atomic E-state index is 0.109. The van der Waals surface area contributed by atoms with Crippen LogP contribution in [0.15, 0.2) is 112 Å². The monoisotopic (exact) mass is 770 g/mol. The average molecular weight is 773 g/mol. The molecule has 5 rings (SSSR count). The van der Waals surface area contributed by atoms with Crippen LogP contribution in [0.25, 0.3) is 0 Å². The van der Waals surface area contributed by atoms with Crippen molar-refractivity contribution in [1.29, 1.82) is 0 Å². The number of benzene rings is 5. The fraction of sp³-hybridized carbons (Fsp3) is 0.189. The molecular formula is C37H33BrCl2O7S. The number of hydrogen-bond donors (Lipinski definition) is 1. The van der Waals surface area contributed by atoms with E-state index in [1.54, 1.807) is 39.3 Å². The van der Waals surface area contributed by atoms with E-state index >= 15 is 0 Å². The van der Waals surface area contributed by atoms with Crippen LogP contribution in [0, 0.1) is 6.92 Å². The van der Waals surface area contributed by atoms with E-state index in [0.717, 1.165) is 16.7 Å². The van der Waals surface area contributed by atoms with Gasteiger partial charge >= 0.3 is 0 Å². The van der Waals surface area contributed by atoms with Crippen LogP contribution in [0.1, 0.15) is 47.3 Å². The fourth-order valence-corrected chi connectivity index (χ4v) is 7.68. The van der Waals surface area contributed by atoms with Crippen molar-refractivity contribution in [2.45, 2.75) is 36.9 Å². The summed E-state index contributed by atoms with van der Waals surface area (Å²) in [5, 5.41) is 0.429. The van der Waals surface area contributed by atoms with Crippen molar-refractivity contribution >= 4 is 49.2 Å². The molecule has 0 radical (unpaired) electrons. The molecule has 0 aliphatic rings. The Morgan fingerprint density at radius 2 is 1.27 bits per heavy atom. The lowest BCUT2D eigenvalue weighted by Crippen LogP contribution is -2.37. The molecule has 5 aromatic carbocycles. The van der Waals surface area contributed by atoms with Gasteiger partial charge in [0.15, 0.2) is 11.4 Å². The summed E-state index contributed by atoms with van der Waals surface area (Å²) in [5.41, 5.74) is 1.52. The molecule has 0 amide bonds. The summed E-state index contributed by atoms with van der Waals surface area (Å²) in [7, 11) is -1.61. The third kappa shape index (κ3) is 7.16. The second-order valence-electron chi connectivity index (χ2n) is 10.9. The van der Waals surface area contributed by atoms with Crippen molar-refractivity contribution in [3.05, 3.63) is 145 Å². The van der Waals surface area contributed by atoms with Crippen molar-refractivity contribution in [2.24, 2.45) is 0 Å². The third-order valence-corrected chi connectivity index (χ3v) is 9.91. The molecule has 0 aromatic heterocycles. The minimum atomic E-state index is -4.78. The maximum Gasteiger partial charge on any atom is 0.295 e. The molecule has 0 fully saturated rings. The second kappa shape index (κ2) is 14.8. The van der Waals surface area contributed by atoms with Gasteiger partial charge in [0.1, 0.15) is 28.2 Å². The molecule has 0 aliphatic heterocycles. The molecule has 48 heavy (non-hydrogen) atoms. The van der Waals surface area contributed by atoms with Crippen LogP contribution in [0.3, 0.4) is 0 Å². The predicted molar refractivity (Wildman–Crippen MR) is 192 cm³/mol. The molecular weight excluding hydrogens is 739 g/mol. The topological polar surface area (TPSA) is 91.3 Å². The maximum absolute atomic E-state index is 13.0. The lowest BCUT2D eigenvalue weighted by atomic mass is 9.79. The Balaban J connectivity index is 1.85. The van der Waals surface area contributed by atoms with Crippen LogP contribution in [0.5, 0.6) is 23.0 Å². The van der Waals surface area contributed by atoms with Crippen LogP contribution in [-0.2, 0) is 15.7 Å². The van der Waals surface area contributed by atoms with E-state index in [2.05, 4.69) is 15.9 Å². The van der Waals surface area contributed by atoms with Gasteiger partial charge in [0.05, 0.1) is 29.8 Å². The Bertz CT molecular complexity index is 1930. The number of hydrogen-bond acceptors (Lipinski definition) is 6. The molecule has 7 nitrogen and oxygen atoms in total. The molecule has 1 N–H and O–H groups in total. The molecule has 0 aliphatic carbocycles. The zero-order valence-electron chi connectivity index (χ0n) is 26.5. The van der Waals surface area contributed by atoms with Gasteiger partial charge in [-0.3, -0.25) is 4.55 Å². The van der Waals surface area contributed by atoms with E-state index in [0.29, 0.717) is 21.5 Å². The normalized spacial score (nSPS) is 12.3. The van der Waals surface area contributed by atoms with Crippen LogP contribution >= 0.6 is 39.1 Å². The largest absolute Gasteiger partial charge is 0.497 e. The van der Waals surface area contributed by atoms with E-state index in [-0.39, 0.29) is 38.4 Å². The molecule has 0 saturated heterocycles. The van der Waals surface area contributed by atoms with Crippen molar-refractivity contribution in [2.75, 3.05) is 14.2 Å². The first kappa shape index (κ1) is 35.6. The quantitative estimate of drug-likeness (QED) is 0.0997. The standard InChI is InChI=1S/C37H33BrCl2O7S/c1-5-32(46-36-30(39)21-27(38)22-31(36)40)34-33(48(41,42)43)20-11-23(2)35(34)47-37(24-9-7-6-8-10-24,25-12-16-28(44-3)17-13-25)26-14-18-29(45-4)19-15-26/h6-22,32H,5H2,1-4H3,(H,41,42,43)/t32-/m0/s1. The van der Waals surface area contributed by atoms with Gasteiger partial charge in [0.25, 0.3) is 10.1 Å². The summed E-state index contributed by atoms with van der Waals surface area (Å²) in [5.74, 6) is 1.63. The van der Waals surface area contributed by atoms with Gasteiger partial charge in [-0.25, -0.2) is 0 Å². The van der Waals surface area contributed by atoms with E-state index in [9.17, 15) is 13.0 Å². The van der Waals surface area contributed by atoms with Crippen molar-refractivity contribution in [3.63, 3.8) is 0 Å². The van der Waals surface area contributed by atoms with E-state index < -0.39 is 21.8 Å². The highest BCUT2D eigenvalue weighted by molar-refractivity contribution is 9.10. The van der Waals surface area contributed by atoms with Crippen molar-refractivity contribution in [3.8, 4) is 23.0 Å². The minimum Gasteiger partial charge on any atom is -0.497 e. The summed E-state index contributed by atoms with van der Waals surface area (Å²) in [6, 6.07) is 30.7. The molecule has 5 aromatic rings. The average Bonchev–Trinajstić information content (AvgIpc) is 3.07. The first-order valence-corrected chi connectivity index (χ1v) is 17.9. The molecule has 250 valence electrons. The SMILES string of the molecule is CC[C@H](Oc1c(Cl)cc(Br)cc1Cl)c1c(S(=O)(=O)O)ccc(C)c1OC(c1ccccc1)(c1ccc(OC)cc1)c1ccc(OC)cc1. The molecule has 0 bridgehead atoms. The first-order valence-electron chi connectivity index (χ1n) is 14.9. The molecule has 0 saturated carbocycles. The van der Waals surface area contributed by atoms with Crippen molar-refractivity contribution < 1.29 is 31.9 Å². The van der Waals surface area contributed by atoms with Gasteiger partial charge in [0, 0.05) is 21.2 Å². The number of ether oxygens (including phenoxy) is 4. The Morgan fingerprint density at radius 1 is 0.771 bits per heavy atom. The molecule has 1 atom stereocenters. The Hall–Kier alpha value is -3.73. The number of rotatable bonds is 12. The highest BCUT2D eigenvalue weighted by Gasteiger charge is 2.42. The third-order valence-electron chi connectivity index (χ3n) is 7.98. The molecule has 0 spiro atoms. The Kier molecular flexibility index (Phi) is 11.0. The first-order chi connectivity index (χ1) is 22.9. The second-order valence-corrected chi connectivity index (χ2v) is 14.0. The summed E-state index contributed by atoms with van der Waals surface area (Å²) < 4.78 is 62.0. The van der Waals surface area contributed by atoms with Gasteiger partial charge in [0.2, 0.25) is 0 Å². The highest BCUT2D eigenvalue weighted by Crippen LogP contribution is 2.48. The van der Waals surface area contributed by atoms with Gasteiger partial charge in [-0.1, -0.05) is 107 Å². The van der Waals surface area contributed by atoms with Gasteiger partial charge in [-0.05, 0) is 61.4 Å². The summed E-state index contributed by atoms with van der Waals surface area (Å²) >= 11 is 16.5. The molecule has 0 heterocycles. The zero-order chi connectivity index (χ0) is 34.6. The Morgan fingerprint density at radius 3 is 1.73 bits per heavy atom. The van der Waals surface area contributed by atoms with Crippen molar-refractivity contribution in [1.82, 2.24) is 0 Å². The number of aryl methyl sites for hydroxylation is 1. The predicted octanol–water partition coefficient (Wildman–Crippen LogP) is 10.2. The van der Waals surface area contributed by atoms with Crippen LogP contribution < -0.4 is 18.9 Å². The zero-order valence-corrected chi connectivity index (χ0v) is 30.5. The Labute approximate surface area is 299 Å². The number of methoxy groups -OCH3 is 2. The fourth-order valence-electron chi connectivity index (χ4n) is 5.64. The van der Waals surface area contributed by atoms with Crippen LogP contribution in [0.2, 0.25) is 10.0 Å². The molecule has 11 heteroatoms. The van der Waals surface area contributed by atoms with E-state index in [1.165, 1.54) is 6.07 Å². The van der Waals surface area contributed by atoms with Gasteiger partial charge in [-0.2, -0.15) is 8.42 Å². The molecule has 0 unspecified atom stereocenters. The smallest absolute Gasteiger partial charge is 0.295 e. The summed E-state index contributed by atoms with van der Waals surface area (Å²) in [6.07, 6.45) is -0.720. The van der Waals surface area contributed by atoms with E-state index in [1.807, 2.05) is 85.8 Å². The van der Waals surface area contributed by atoms with Crippen LogP contribution in [-0.4, -0.2) is 27.2 Å². The lowest BCUT2D eigenvalue weighted by molar-refractivity contribution is 0.138. The maximum atomic E-state index is 13.0.